The van der Waals surface area contributed by atoms with Gasteiger partial charge in [0, 0.05) is 23.7 Å². The Morgan fingerprint density at radius 2 is 1.67 bits per heavy atom. The van der Waals surface area contributed by atoms with Crippen LogP contribution in [0.4, 0.5) is 0 Å². The summed E-state index contributed by atoms with van der Waals surface area (Å²) in [6, 6.07) is 12.3. The maximum Gasteiger partial charge on any atom is 0.161 e. The van der Waals surface area contributed by atoms with E-state index in [-0.39, 0.29) is 5.54 Å². The number of ether oxygens (including phenoxy) is 2. The van der Waals surface area contributed by atoms with Crippen LogP contribution in [0, 0.1) is 0 Å². The van der Waals surface area contributed by atoms with Crippen molar-refractivity contribution in [1.29, 1.82) is 0 Å². The fourth-order valence-corrected chi connectivity index (χ4v) is 3.57. The fourth-order valence-electron chi connectivity index (χ4n) is 3.37. The minimum atomic E-state index is 0.0474. The lowest BCUT2D eigenvalue weighted by Gasteiger charge is -2.43. The van der Waals surface area contributed by atoms with Crippen molar-refractivity contribution in [2.45, 2.75) is 38.9 Å². The SMILES string of the molecule is COc1cc2c(cc1OC)CC(C)(C)N(Cc1ccccc1Cl)C2. The number of benzene rings is 2. The van der Waals surface area contributed by atoms with Crippen molar-refractivity contribution in [2.24, 2.45) is 0 Å². The molecule has 2 aromatic rings. The number of methoxy groups -OCH3 is 2. The predicted molar refractivity (Wildman–Crippen MR) is 98.0 cm³/mol. The highest BCUT2D eigenvalue weighted by Gasteiger charge is 2.33. The molecule has 1 aliphatic heterocycles. The molecular formula is C20H24ClNO2. The molecule has 0 bridgehead atoms. The molecule has 24 heavy (non-hydrogen) atoms. The predicted octanol–water partition coefficient (Wildman–Crippen LogP) is 4.69. The van der Waals surface area contributed by atoms with Crippen LogP contribution in [0.25, 0.3) is 0 Å². The Morgan fingerprint density at radius 1 is 1.04 bits per heavy atom. The first-order valence-corrected chi connectivity index (χ1v) is 8.54. The van der Waals surface area contributed by atoms with Gasteiger partial charge in [0.25, 0.3) is 0 Å². The van der Waals surface area contributed by atoms with Gasteiger partial charge in [0.1, 0.15) is 0 Å². The first-order valence-electron chi connectivity index (χ1n) is 8.17. The van der Waals surface area contributed by atoms with Gasteiger partial charge in [0.2, 0.25) is 0 Å². The maximum atomic E-state index is 6.36. The molecule has 0 aliphatic carbocycles. The van der Waals surface area contributed by atoms with E-state index < -0.39 is 0 Å². The number of hydrogen-bond acceptors (Lipinski definition) is 3. The lowest BCUT2D eigenvalue weighted by molar-refractivity contribution is 0.0887. The molecule has 2 aromatic carbocycles. The molecule has 3 rings (SSSR count). The van der Waals surface area contributed by atoms with E-state index in [1.165, 1.54) is 11.1 Å². The van der Waals surface area contributed by atoms with Gasteiger partial charge in [-0.05, 0) is 55.2 Å². The molecule has 0 fully saturated rings. The molecule has 0 spiro atoms. The van der Waals surface area contributed by atoms with Gasteiger partial charge in [-0.3, -0.25) is 4.90 Å². The summed E-state index contributed by atoms with van der Waals surface area (Å²) >= 11 is 6.36. The molecule has 0 radical (unpaired) electrons. The number of hydrogen-bond donors (Lipinski definition) is 0. The average molecular weight is 346 g/mol. The number of fused-ring (bicyclic) bond motifs is 1. The lowest BCUT2D eigenvalue weighted by atomic mass is 9.85. The molecule has 0 saturated heterocycles. The second-order valence-corrected chi connectivity index (χ2v) is 7.32. The highest BCUT2D eigenvalue weighted by molar-refractivity contribution is 6.31. The Bertz CT molecular complexity index is 742. The van der Waals surface area contributed by atoms with Crippen LogP contribution in [-0.4, -0.2) is 24.7 Å². The van der Waals surface area contributed by atoms with E-state index in [1.807, 2.05) is 18.2 Å². The van der Waals surface area contributed by atoms with Crippen molar-refractivity contribution in [3.63, 3.8) is 0 Å². The van der Waals surface area contributed by atoms with Crippen LogP contribution in [0.2, 0.25) is 5.02 Å². The van der Waals surface area contributed by atoms with Crippen molar-refractivity contribution < 1.29 is 9.47 Å². The van der Waals surface area contributed by atoms with Crippen molar-refractivity contribution in [3.8, 4) is 11.5 Å². The Morgan fingerprint density at radius 3 is 2.29 bits per heavy atom. The highest BCUT2D eigenvalue weighted by Crippen LogP contribution is 2.38. The van der Waals surface area contributed by atoms with Crippen LogP contribution in [0.3, 0.4) is 0 Å². The van der Waals surface area contributed by atoms with Gasteiger partial charge < -0.3 is 9.47 Å². The van der Waals surface area contributed by atoms with E-state index >= 15 is 0 Å². The third kappa shape index (κ3) is 3.24. The van der Waals surface area contributed by atoms with Crippen LogP contribution >= 0.6 is 11.6 Å². The smallest absolute Gasteiger partial charge is 0.161 e. The van der Waals surface area contributed by atoms with Gasteiger partial charge in [-0.15, -0.1) is 0 Å². The lowest BCUT2D eigenvalue weighted by Crippen LogP contribution is -2.47. The van der Waals surface area contributed by atoms with E-state index in [2.05, 4.69) is 36.9 Å². The largest absolute Gasteiger partial charge is 0.493 e. The Balaban J connectivity index is 1.93. The average Bonchev–Trinajstić information content (AvgIpc) is 2.56. The Kier molecular flexibility index (Phi) is 4.75. The van der Waals surface area contributed by atoms with Crippen LogP contribution in [0.15, 0.2) is 36.4 Å². The summed E-state index contributed by atoms with van der Waals surface area (Å²) in [5.74, 6) is 1.58. The molecule has 0 saturated carbocycles. The number of halogens is 1. The molecule has 3 nitrogen and oxygen atoms in total. The van der Waals surface area contributed by atoms with Crippen LogP contribution in [0.1, 0.15) is 30.5 Å². The summed E-state index contributed by atoms with van der Waals surface area (Å²) in [5, 5.41) is 0.825. The summed E-state index contributed by atoms with van der Waals surface area (Å²) in [7, 11) is 3.36. The van der Waals surface area contributed by atoms with E-state index in [1.54, 1.807) is 14.2 Å². The summed E-state index contributed by atoms with van der Waals surface area (Å²) in [6.45, 7) is 6.27. The van der Waals surface area contributed by atoms with Crippen molar-refractivity contribution in [2.75, 3.05) is 14.2 Å². The maximum absolute atomic E-state index is 6.36. The summed E-state index contributed by atoms with van der Waals surface area (Å²) in [5.41, 5.74) is 3.83. The molecule has 0 atom stereocenters. The van der Waals surface area contributed by atoms with Gasteiger partial charge >= 0.3 is 0 Å². The molecule has 4 heteroatoms. The van der Waals surface area contributed by atoms with Crippen molar-refractivity contribution in [3.05, 3.63) is 58.1 Å². The second kappa shape index (κ2) is 6.66. The Hall–Kier alpha value is -1.71. The Labute approximate surface area is 149 Å². The van der Waals surface area contributed by atoms with Crippen LogP contribution < -0.4 is 9.47 Å². The fraction of sp³-hybridized carbons (Fsp3) is 0.400. The summed E-state index contributed by atoms with van der Waals surface area (Å²) in [6.07, 6.45) is 0.965. The van der Waals surface area contributed by atoms with E-state index in [0.29, 0.717) is 0 Å². The number of nitrogens with zero attached hydrogens (tertiary/aromatic N) is 1. The van der Waals surface area contributed by atoms with E-state index in [4.69, 9.17) is 21.1 Å². The zero-order chi connectivity index (χ0) is 17.3. The third-order valence-corrected chi connectivity index (χ3v) is 5.23. The van der Waals surface area contributed by atoms with Gasteiger partial charge in [0.05, 0.1) is 14.2 Å². The molecule has 0 N–H and O–H groups in total. The molecule has 1 heterocycles. The standard InChI is InChI=1S/C20H24ClNO2/c1-20(2)11-15-9-18(23-3)19(24-4)10-16(15)13-22(20)12-14-7-5-6-8-17(14)21/h5-10H,11-13H2,1-4H3. The van der Waals surface area contributed by atoms with Crippen LogP contribution in [0.5, 0.6) is 11.5 Å². The quantitative estimate of drug-likeness (QED) is 0.802. The van der Waals surface area contributed by atoms with Gasteiger partial charge in [0.15, 0.2) is 11.5 Å². The summed E-state index contributed by atoms with van der Waals surface area (Å²) in [4.78, 5) is 2.47. The van der Waals surface area contributed by atoms with Crippen molar-refractivity contribution in [1.82, 2.24) is 4.90 Å². The molecule has 0 unspecified atom stereocenters. The minimum absolute atomic E-state index is 0.0474. The van der Waals surface area contributed by atoms with Crippen LogP contribution in [-0.2, 0) is 19.5 Å². The normalized spacial score (nSPS) is 16.5. The minimum Gasteiger partial charge on any atom is -0.493 e. The van der Waals surface area contributed by atoms with E-state index in [9.17, 15) is 0 Å². The van der Waals surface area contributed by atoms with Gasteiger partial charge in [-0.2, -0.15) is 0 Å². The molecule has 0 aromatic heterocycles. The first kappa shape index (κ1) is 17.1. The van der Waals surface area contributed by atoms with Gasteiger partial charge in [-0.1, -0.05) is 29.8 Å². The molecular weight excluding hydrogens is 322 g/mol. The monoisotopic (exact) mass is 345 g/mol. The molecule has 1 aliphatic rings. The number of rotatable bonds is 4. The van der Waals surface area contributed by atoms with Gasteiger partial charge in [-0.25, -0.2) is 0 Å². The highest BCUT2D eigenvalue weighted by atomic mass is 35.5. The zero-order valence-corrected chi connectivity index (χ0v) is 15.5. The topological polar surface area (TPSA) is 21.7 Å². The molecule has 128 valence electrons. The second-order valence-electron chi connectivity index (χ2n) is 6.91. The summed E-state index contributed by atoms with van der Waals surface area (Å²) < 4.78 is 10.9. The van der Waals surface area contributed by atoms with Crippen molar-refractivity contribution >= 4 is 11.6 Å². The third-order valence-electron chi connectivity index (χ3n) is 4.87. The molecule has 0 amide bonds. The van der Waals surface area contributed by atoms with E-state index in [0.717, 1.165) is 41.6 Å². The first-order chi connectivity index (χ1) is 11.4. The zero-order valence-electron chi connectivity index (χ0n) is 14.7.